The second kappa shape index (κ2) is 7.19. The molecule has 21 heavy (non-hydrogen) atoms. The van der Waals surface area contributed by atoms with E-state index >= 15 is 0 Å². The smallest absolute Gasteiger partial charge is 0.339 e. The van der Waals surface area contributed by atoms with Gasteiger partial charge in [-0.05, 0) is 31.5 Å². The Labute approximate surface area is 131 Å². The van der Waals surface area contributed by atoms with Gasteiger partial charge in [0.1, 0.15) is 0 Å². The molecule has 0 spiro atoms. The van der Waals surface area contributed by atoms with Crippen molar-refractivity contribution < 1.29 is 9.53 Å². The van der Waals surface area contributed by atoms with Gasteiger partial charge in [-0.15, -0.1) is 11.3 Å². The highest BCUT2D eigenvalue weighted by molar-refractivity contribution is 7.13. The lowest BCUT2D eigenvalue weighted by Crippen LogP contribution is -2.05. The van der Waals surface area contributed by atoms with E-state index in [1.807, 2.05) is 12.3 Å². The number of esters is 1. The van der Waals surface area contributed by atoms with Crippen LogP contribution in [0.3, 0.4) is 0 Å². The van der Waals surface area contributed by atoms with Gasteiger partial charge >= 0.3 is 5.97 Å². The van der Waals surface area contributed by atoms with E-state index in [2.05, 4.69) is 15.5 Å². The van der Waals surface area contributed by atoms with Gasteiger partial charge in [-0.2, -0.15) is 5.10 Å². The molecule has 2 aromatic rings. The minimum absolute atomic E-state index is 0.315. The average Bonchev–Trinajstić information content (AvgIpc) is 2.85. The second-order valence-electron chi connectivity index (χ2n) is 4.12. The first-order valence-electron chi connectivity index (χ1n) is 6.28. The lowest BCUT2D eigenvalue weighted by atomic mass is 10.1. The van der Waals surface area contributed by atoms with Crippen molar-refractivity contribution in [2.45, 2.75) is 13.8 Å². The zero-order valence-electron chi connectivity index (χ0n) is 11.6. The number of hydrogen-bond donors (Lipinski definition) is 1. The van der Waals surface area contributed by atoms with Gasteiger partial charge in [0.15, 0.2) is 0 Å². The van der Waals surface area contributed by atoms with Crippen molar-refractivity contribution in [3.8, 4) is 0 Å². The third-order valence-electron chi connectivity index (χ3n) is 2.48. The van der Waals surface area contributed by atoms with Crippen LogP contribution in [0.5, 0.6) is 0 Å². The van der Waals surface area contributed by atoms with Crippen LogP contribution in [0.1, 0.15) is 28.5 Å². The zero-order valence-corrected chi connectivity index (χ0v) is 13.2. The Morgan fingerprint density at radius 2 is 2.38 bits per heavy atom. The number of carbonyl (C=O) groups excluding carboxylic acids is 1. The predicted molar refractivity (Wildman–Crippen MR) is 85.5 cm³/mol. The first kappa shape index (κ1) is 15.5. The standard InChI is InChI=1S/C14H14ClN3O2S/c1-3-20-13(19)11-5-4-10(6-12(11)15)7-16-18-14-17-9(2)8-21-14/h4-8H,3H2,1-2H3,(H,17,18). The monoisotopic (exact) mass is 323 g/mol. The van der Waals surface area contributed by atoms with Crippen LogP contribution in [0, 0.1) is 6.92 Å². The topological polar surface area (TPSA) is 63.6 Å². The molecule has 0 unspecified atom stereocenters. The van der Waals surface area contributed by atoms with E-state index in [1.165, 1.54) is 11.3 Å². The number of hydrogen-bond acceptors (Lipinski definition) is 6. The van der Waals surface area contributed by atoms with Crippen LogP contribution in [0.15, 0.2) is 28.7 Å². The number of carbonyl (C=O) groups is 1. The number of benzene rings is 1. The quantitative estimate of drug-likeness (QED) is 0.517. The lowest BCUT2D eigenvalue weighted by molar-refractivity contribution is 0.0526. The number of hydrazone groups is 1. The van der Waals surface area contributed by atoms with Crippen molar-refractivity contribution in [3.63, 3.8) is 0 Å². The van der Waals surface area contributed by atoms with Crippen molar-refractivity contribution >= 4 is 40.3 Å². The molecule has 7 heteroatoms. The van der Waals surface area contributed by atoms with Crippen molar-refractivity contribution in [1.29, 1.82) is 0 Å². The molecule has 0 atom stereocenters. The molecule has 110 valence electrons. The molecular formula is C14H14ClN3O2S. The Balaban J connectivity index is 2.04. The van der Waals surface area contributed by atoms with E-state index in [1.54, 1.807) is 31.3 Å². The van der Waals surface area contributed by atoms with E-state index < -0.39 is 5.97 Å². The number of nitrogens with one attached hydrogen (secondary N) is 1. The molecule has 0 saturated carbocycles. The van der Waals surface area contributed by atoms with E-state index in [0.29, 0.717) is 17.2 Å². The summed E-state index contributed by atoms with van der Waals surface area (Å²) in [6.45, 7) is 3.98. The fourth-order valence-corrected chi connectivity index (χ4v) is 2.46. The maximum atomic E-state index is 11.6. The molecule has 0 bridgehead atoms. The lowest BCUT2D eigenvalue weighted by Gasteiger charge is -2.04. The van der Waals surface area contributed by atoms with Gasteiger partial charge in [0, 0.05) is 5.38 Å². The molecule has 0 radical (unpaired) electrons. The molecule has 0 fully saturated rings. The summed E-state index contributed by atoms with van der Waals surface area (Å²) in [6, 6.07) is 5.03. The predicted octanol–water partition coefficient (Wildman–Crippen LogP) is 3.73. The summed E-state index contributed by atoms with van der Waals surface area (Å²) < 4.78 is 4.91. The Bertz CT molecular complexity index is 670. The number of rotatable bonds is 5. The molecular weight excluding hydrogens is 310 g/mol. The van der Waals surface area contributed by atoms with Gasteiger partial charge in [0.2, 0.25) is 5.13 Å². The van der Waals surface area contributed by atoms with Crippen molar-refractivity contribution in [1.82, 2.24) is 4.98 Å². The van der Waals surface area contributed by atoms with E-state index in [9.17, 15) is 4.79 Å². The Morgan fingerprint density at radius 1 is 1.57 bits per heavy atom. The van der Waals surface area contributed by atoms with Crippen molar-refractivity contribution in [2.24, 2.45) is 5.10 Å². The summed E-state index contributed by atoms with van der Waals surface area (Å²) in [4.78, 5) is 15.8. The molecule has 0 amide bonds. The molecule has 0 aliphatic heterocycles. The molecule has 0 aliphatic rings. The fraction of sp³-hybridized carbons (Fsp3) is 0.214. The minimum atomic E-state index is -0.428. The van der Waals surface area contributed by atoms with Gasteiger partial charge in [-0.25, -0.2) is 9.78 Å². The summed E-state index contributed by atoms with van der Waals surface area (Å²) in [6.07, 6.45) is 1.61. The zero-order chi connectivity index (χ0) is 15.2. The molecule has 1 heterocycles. The highest BCUT2D eigenvalue weighted by atomic mass is 35.5. The number of thiazole rings is 1. The fourth-order valence-electron chi connectivity index (χ4n) is 1.55. The van der Waals surface area contributed by atoms with E-state index in [4.69, 9.17) is 16.3 Å². The average molecular weight is 324 g/mol. The number of ether oxygens (including phenoxy) is 1. The Hall–Kier alpha value is -1.92. The molecule has 1 aromatic carbocycles. The largest absolute Gasteiger partial charge is 0.462 e. The highest BCUT2D eigenvalue weighted by Gasteiger charge is 2.11. The molecule has 1 N–H and O–H groups in total. The van der Waals surface area contributed by atoms with Gasteiger partial charge < -0.3 is 4.74 Å². The SMILES string of the molecule is CCOC(=O)c1ccc(C=NNc2nc(C)cs2)cc1Cl. The maximum Gasteiger partial charge on any atom is 0.339 e. The van der Waals surface area contributed by atoms with Gasteiger partial charge in [0.05, 0.1) is 29.1 Å². The number of anilines is 1. The number of aromatic nitrogens is 1. The van der Waals surface area contributed by atoms with E-state index in [-0.39, 0.29) is 0 Å². The second-order valence-corrected chi connectivity index (χ2v) is 5.39. The number of nitrogens with zero attached hydrogens (tertiary/aromatic N) is 2. The van der Waals surface area contributed by atoms with Crippen LogP contribution < -0.4 is 5.43 Å². The van der Waals surface area contributed by atoms with Crippen molar-refractivity contribution in [2.75, 3.05) is 12.0 Å². The third-order valence-corrected chi connectivity index (χ3v) is 3.66. The van der Waals surface area contributed by atoms with Crippen LogP contribution in [0.2, 0.25) is 5.02 Å². The molecule has 5 nitrogen and oxygen atoms in total. The number of halogens is 1. The van der Waals surface area contributed by atoms with Crippen LogP contribution in [-0.4, -0.2) is 23.8 Å². The maximum absolute atomic E-state index is 11.6. The van der Waals surface area contributed by atoms with Crippen molar-refractivity contribution in [3.05, 3.63) is 45.4 Å². The number of aryl methyl sites for hydroxylation is 1. The minimum Gasteiger partial charge on any atom is -0.462 e. The molecule has 0 aliphatic carbocycles. The molecule has 0 saturated heterocycles. The first-order valence-corrected chi connectivity index (χ1v) is 7.53. The van der Waals surface area contributed by atoms with Crippen LogP contribution in [0.4, 0.5) is 5.13 Å². The van der Waals surface area contributed by atoms with Crippen LogP contribution in [0.25, 0.3) is 0 Å². The molecule has 1 aromatic heterocycles. The first-order chi connectivity index (χ1) is 10.1. The van der Waals surface area contributed by atoms with Crippen LogP contribution >= 0.6 is 22.9 Å². The summed E-state index contributed by atoms with van der Waals surface area (Å²) in [5.74, 6) is -0.428. The van der Waals surface area contributed by atoms with Gasteiger partial charge in [-0.3, -0.25) is 5.43 Å². The highest BCUT2D eigenvalue weighted by Crippen LogP contribution is 2.18. The van der Waals surface area contributed by atoms with Crippen LogP contribution in [-0.2, 0) is 4.74 Å². The molecule has 2 rings (SSSR count). The van der Waals surface area contributed by atoms with Gasteiger partial charge in [-0.1, -0.05) is 17.7 Å². The Kier molecular flexibility index (Phi) is 5.30. The summed E-state index contributed by atoms with van der Waals surface area (Å²) in [7, 11) is 0. The normalized spacial score (nSPS) is 10.8. The summed E-state index contributed by atoms with van der Waals surface area (Å²) in [5.41, 5.74) is 4.90. The summed E-state index contributed by atoms with van der Waals surface area (Å²) in [5, 5.41) is 7.06. The van der Waals surface area contributed by atoms with Gasteiger partial charge in [0.25, 0.3) is 0 Å². The third kappa shape index (κ3) is 4.27. The Morgan fingerprint density at radius 3 is 3.00 bits per heavy atom. The summed E-state index contributed by atoms with van der Waals surface area (Å²) >= 11 is 7.54. The van der Waals surface area contributed by atoms with E-state index in [0.717, 1.165) is 16.4 Å².